The summed E-state index contributed by atoms with van der Waals surface area (Å²) >= 11 is 0. The van der Waals surface area contributed by atoms with Crippen molar-refractivity contribution in [1.82, 2.24) is 4.31 Å². The molecule has 1 heterocycles. The van der Waals surface area contributed by atoms with Crippen LogP contribution in [0.25, 0.3) is 0 Å². The van der Waals surface area contributed by atoms with Gasteiger partial charge in [-0.05, 0) is 49.2 Å². The first-order chi connectivity index (χ1) is 17.3. The number of carbonyl (C=O) groups excluding carboxylic acids is 1. The Morgan fingerprint density at radius 1 is 0.972 bits per heavy atom. The van der Waals surface area contributed by atoms with E-state index in [2.05, 4.69) is 0 Å². The number of rotatable bonds is 7. The second-order valence-electron chi connectivity index (χ2n) is 8.54. The van der Waals surface area contributed by atoms with Crippen LogP contribution in [0.1, 0.15) is 42.1 Å². The summed E-state index contributed by atoms with van der Waals surface area (Å²) in [6.45, 7) is 3.63. The minimum absolute atomic E-state index is 0.0801. The number of aryl methyl sites for hydroxylation is 1. The molecule has 36 heavy (non-hydrogen) atoms. The van der Waals surface area contributed by atoms with Gasteiger partial charge in [0, 0.05) is 6.42 Å². The predicted octanol–water partition coefficient (Wildman–Crippen LogP) is 5.26. The quantitative estimate of drug-likeness (QED) is 0.439. The van der Waals surface area contributed by atoms with Crippen molar-refractivity contribution in [2.45, 2.75) is 37.2 Å². The SMILES string of the molecule is CCOC(=O)C1=C(O)C[C@H](c2ccc(OC)cc2)N(S(=O)(=O)c2ccc(C)cc2)[C@@H]1c1ccccc1. The van der Waals surface area contributed by atoms with E-state index in [0.29, 0.717) is 16.9 Å². The summed E-state index contributed by atoms with van der Waals surface area (Å²) in [6, 6.07) is 20.5. The lowest BCUT2D eigenvalue weighted by molar-refractivity contribution is -0.139. The highest BCUT2D eigenvalue weighted by molar-refractivity contribution is 7.89. The summed E-state index contributed by atoms with van der Waals surface area (Å²) in [7, 11) is -2.59. The van der Waals surface area contributed by atoms with Gasteiger partial charge in [-0.2, -0.15) is 4.31 Å². The fourth-order valence-corrected chi connectivity index (χ4v) is 6.22. The molecule has 1 aliphatic rings. The minimum atomic E-state index is -4.14. The Morgan fingerprint density at radius 2 is 1.61 bits per heavy atom. The average Bonchev–Trinajstić information content (AvgIpc) is 2.88. The number of carbonyl (C=O) groups is 1. The molecular weight excluding hydrogens is 478 g/mol. The second-order valence-corrected chi connectivity index (χ2v) is 10.4. The van der Waals surface area contributed by atoms with Gasteiger partial charge in [-0.15, -0.1) is 0 Å². The molecule has 0 bridgehead atoms. The molecule has 0 amide bonds. The van der Waals surface area contributed by atoms with Crippen LogP contribution in [0, 0.1) is 6.92 Å². The number of hydrogen-bond donors (Lipinski definition) is 1. The molecule has 1 aliphatic heterocycles. The van der Waals surface area contributed by atoms with Gasteiger partial charge in [0.15, 0.2) is 0 Å². The molecule has 0 radical (unpaired) electrons. The van der Waals surface area contributed by atoms with Crippen LogP contribution in [0.15, 0.2) is 95.1 Å². The number of methoxy groups -OCH3 is 1. The molecule has 7 nitrogen and oxygen atoms in total. The molecule has 0 saturated heterocycles. The fraction of sp³-hybridized carbons (Fsp3) is 0.250. The zero-order valence-electron chi connectivity index (χ0n) is 20.4. The van der Waals surface area contributed by atoms with Crippen LogP contribution in [0.4, 0.5) is 0 Å². The third-order valence-corrected chi connectivity index (χ3v) is 8.13. The van der Waals surface area contributed by atoms with Crippen molar-refractivity contribution in [3.05, 3.63) is 107 Å². The maximum atomic E-state index is 14.3. The van der Waals surface area contributed by atoms with Gasteiger partial charge < -0.3 is 14.6 Å². The second kappa shape index (κ2) is 10.6. The summed E-state index contributed by atoms with van der Waals surface area (Å²) in [5, 5.41) is 11.2. The van der Waals surface area contributed by atoms with E-state index >= 15 is 0 Å². The molecule has 0 fully saturated rings. The highest BCUT2D eigenvalue weighted by Crippen LogP contribution is 2.48. The summed E-state index contributed by atoms with van der Waals surface area (Å²) in [5.41, 5.74) is 2.04. The molecule has 4 rings (SSSR count). The molecule has 0 spiro atoms. The Kier molecular flexibility index (Phi) is 7.47. The smallest absolute Gasteiger partial charge is 0.339 e. The van der Waals surface area contributed by atoms with E-state index < -0.39 is 28.1 Å². The van der Waals surface area contributed by atoms with Crippen molar-refractivity contribution in [2.75, 3.05) is 13.7 Å². The third kappa shape index (κ3) is 4.87. The average molecular weight is 508 g/mol. The van der Waals surface area contributed by atoms with E-state index in [4.69, 9.17) is 9.47 Å². The summed E-state index contributed by atoms with van der Waals surface area (Å²) in [4.78, 5) is 13.2. The number of nitrogens with zero attached hydrogens (tertiary/aromatic N) is 1. The van der Waals surface area contributed by atoms with Crippen molar-refractivity contribution in [3.63, 3.8) is 0 Å². The van der Waals surface area contributed by atoms with E-state index in [1.165, 1.54) is 4.31 Å². The Hall–Kier alpha value is -3.62. The summed E-state index contributed by atoms with van der Waals surface area (Å²) in [5.74, 6) is -0.325. The van der Waals surface area contributed by atoms with Crippen LogP contribution in [-0.2, 0) is 19.6 Å². The fourth-order valence-electron chi connectivity index (χ4n) is 4.46. The van der Waals surface area contributed by atoms with E-state index in [-0.39, 0.29) is 29.3 Å². The number of ether oxygens (including phenoxy) is 2. The van der Waals surface area contributed by atoms with Crippen LogP contribution in [0.3, 0.4) is 0 Å². The molecule has 3 aromatic rings. The number of aliphatic hydroxyl groups is 1. The number of aliphatic hydroxyl groups excluding tert-OH is 1. The van der Waals surface area contributed by atoms with Gasteiger partial charge in [0.25, 0.3) is 0 Å². The van der Waals surface area contributed by atoms with Crippen molar-refractivity contribution in [3.8, 4) is 5.75 Å². The largest absolute Gasteiger partial charge is 0.512 e. The Bertz CT molecular complexity index is 1350. The first kappa shape index (κ1) is 25.5. The van der Waals surface area contributed by atoms with E-state index in [1.54, 1.807) is 92.9 Å². The first-order valence-corrected chi connectivity index (χ1v) is 13.1. The van der Waals surface area contributed by atoms with Gasteiger partial charge in [0.05, 0.1) is 36.3 Å². The van der Waals surface area contributed by atoms with Gasteiger partial charge in [-0.1, -0.05) is 60.2 Å². The topological polar surface area (TPSA) is 93.1 Å². The van der Waals surface area contributed by atoms with Crippen LogP contribution in [-0.4, -0.2) is 37.5 Å². The molecular formula is C28H29NO6S. The number of sulfonamides is 1. The maximum absolute atomic E-state index is 14.3. The summed E-state index contributed by atoms with van der Waals surface area (Å²) in [6.07, 6.45) is -0.0884. The number of benzene rings is 3. The van der Waals surface area contributed by atoms with Gasteiger partial charge in [-0.3, -0.25) is 0 Å². The Balaban J connectivity index is 1.98. The van der Waals surface area contributed by atoms with Gasteiger partial charge in [0.2, 0.25) is 10.0 Å². The zero-order valence-corrected chi connectivity index (χ0v) is 21.2. The molecule has 0 aromatic heterocycles. The monoisotopic (exact) mass is 507 g/mol. The molecule has 3 aromatic carbocycles. The lowest BCUT2D eigenvalue weighted by Gasteiger charge is -2.41. The van der Waals surface area contributed by atoms with Crippen molar-refractivity contribution >= 4 is 16.0 Å². The van der Waals surface area contributed by atoms with Gasteiger partial charge in [-0.25, -0.2) is 13.2 Å². The van der Waals surface area contributed by atoms with Crippen LogP contribution < -0.4 is 4.74 Å². The molecule has 8 heteroatoms. The zero-order chi connectivity index (χ0) is 25.9. The minimum Gasteiger partial charge on any atom is -0.512 e. The van der Waals surface area contributed by atoms with Gasteiger partial charge >= 0.3 is 5.97 Å². The van der Waals surface area contributed by atoms with Crippen LogP contribution in [0.2, 0.25) is 0 Å². The normalized spacial score (nSPS) is 18.6. The van der Waals surface area contributed by atoms with Crippen molar-refractivity contribution < 1.29 is 27.8 Å². The lowest BCUT2D eigenvalue weighted by atomic mass is 9.88. The standard InChI is InChI=1S/C28H29NO6S/c1-4-35-28(31)26-25(30)18-24(20-12-14-22(34-3)15-13-20)29(27(26)21-8-6-5-7-9-21)36(32,33)23-16-10-19(2)11-17-23/h5-17,24,27,30H,4,18H2,1-3H3/t24-,27-/m1/s1. The third-order valence-electron chi connectivity index (χ3n) is 6.24. The molecule has 0 unspecified atom stereocenters. The molecule has 188 valence electrons. The van der Waals surface area contributed by atoms with Gasteiger partial charge in [0.1, 0.15) is 11.5 Å². The van der Waals surface area contributed by atoms with Crippen LogP contribution in [0.5, 0.6) is 5.75 Å². The maximum Gasteiger partial charge on any atom is 0.339 e. The summed E-state index contributed by atoms with van der Waals surface area (Å²) < 4.78 is 40.4. The molecule has 0 aliphatic carbocycles. The van der Waals surface area contributed by atoms with E-state index in [9.17, 15) is 18.3 Å². The highest BCUT2D eigenvalue weighted by atomic mass is 32.2. The van der Waals surface area contributed by atoms with E-state index in [0.717, 1.165) is 5.56 Å². The van der Waals surface area contributed by atoms with Crippen molar-refractivity contribution in [1.29, 1.82) is 0 Å². The first-order valence-electron chi connectivity index (χ1n) is 11.7. The Morgan fingerprint density at radius 3 is 2.19 bits per heavy atom. The molecule has 1 N–H and O–H groups in total. The molecule has 2 atom stereocenters. The number of esters is 1. The Labute approximate surface area is 211 Å². The predicted molar refractivity (Wildman–Crippen MR) is 136 cm³/mol. The number of hydrogen-bond acceptors (Lipinski definition) is 6. The highest BCUT2D eigenvalue weighted by Gasteiger charge is 2.47. The molecule has 0 saturated carbocycles. The van der Waals surface area contributed by atoms with Crippen LogP contribution >= 0.6 is 0 Å². The van der Waals surface area contributed by atoms with Crippen molar-refractivity contribution in [2.24, 2.45) is 0 Å². The van der Waals surface area contributed by atoms with E-state index in [1.807, 2.05) is 6.92 Å². The lowest BCUT2D eigenvalue weighted by Crippen LogP contribution is -2.44.